The first-order valence-corrected chi connectivity index (χ1v) is 17.9. The molecule has 238 valence electrons. The Morgan fingerprint density at radius 2 is 0.750 bits per heavy atom. The first kappa shape index (κ1) is 31.4. The molecule has 2 aromatic heterocycles. The van der Waals surface area contributed by atoms with E-state index < -0.39 is 0 Å². The molecule has 0 saturated heterocycles. The molecule has 0 fully saturated rings. The van der Waals surface area contributed by atoms with Gasteiger partial charge in [0.15, 0.2) is 0 Å². The van der Waals surface area contributed by atoms with Gasteiger partial charge in [0.25, 0.3) is 0 Å². The molecule has 0 spiro atoms. The first-order chi connectivity index (χ1) is 23.7. The highest BCUT2D eigenvalue weighted by atomic mass is 15.0. The Balaban J connectivity index is 1.09. The number of fused-ring (bicyclic) bond motifs is 6. The minimum absolute atomic E-state index is 0.993. The molecule has 0 N–H and O–H groups in total. The van der Waals surface area contributed by atoms with E-state index in [1.807, 2.05) is 0 Å². The maximum Gasteiger partial charge on any atom is 0.0492 e. The standard InChI is InChI=1S/C46H44N2/c1-3-5-7-13-31-47-43-17-11-9-15-39(43)41-33-37(27-29-45(41)47)25-23-35-19-21-36(22-20-35)24-26-38-28-30-46-42(34-38)40-16-10-12-18-44(40)48(46)32-14-8-6-4-2/h9-12,15-22,27-30,33-34H,3-8,13-14,31-32H2,1-2H3. The molecule has 48 heavy (non-hydrogen) atoms. The second kappa shape index (κ2) is 14.7. The van der Waals surface area contributed by atoms with Gasteiger partial charge in [-0.1, -0.05) is 112 Å². The van der Waals surface area contributed by atoms with Crippen molar-refractivity contribution in [3.63, 3.8) is 0 Å². The molecule has 2 heteroatoms. The fourth-order valence-electron chi connectivity index (χ4n) is 7.06. The summed E-state index contributed by atoms with van der Waals surface area (Å²) < 4.78 is 4.98. The van der Waals surface area contributed by atoms with Crippen LogP contribution in [0.3, 0.4) is 0 Å². The number of para-hydroxylation sites is 2. The molecule has 0 aliphatic carbocycles. The highest BCUT2D eigenvalue weighted by Crippen LogP contribution is 2.31. The van der Waals surface area contributed by atoms with Crippen molar-refractivity contribution in [1.82, 2.24) is 9.13 Å². The number of aryl methyl sites for hydroxylation is 2. The van der Waals surface area contributed by atoms with Crippen LogP contribution in [-0.4, -0.2) is 9.13 Å². The molecule has 0 unspecified atom stereocenters. The molecule has 2 nitrogen and oxygen atoms in total. The summed E-state index contributed by atoms with van der Waals surface area (Å²) in [6.45, 7) is 6.65. The first-order valence-electron chi connectivity index (χ1n) is 17.9. The molecular weight excluding hydrogens is 581 g/mol. The molecule has 2 heterocycles. The normalized spacial score (nSPS) is 11.2. The second-order valence-electron chi connectivity index (χ2n) is 13.0. The fourth-order valence-corrected chi connectivity index (χ4v) is 7.06. The fraction of sp³-hybridized carbons (Fsp3) is 0.261. The highest BCUT2D eigenvalue weighted by Gasteiger charge is 2.12. The van der Waals surface area contributed by atoms with Crippen molar-refractivity contribution in [2.45, 2.75) is 78.3 Å². The van der Waals surface area contributed by atoms with Crippen LogP contribution in [0.1, 0.15) is 87.5 Å². The molecule has 0 atom stereocenters. The van der Waals surface area contributed by atoms with Gasteiger partial charge >= 0.3 is 0 Å². The van der Waals surface area contributed by atoms with E-state index in [4.69, 9.17) is 0 Å². The largest absolute Gasteiger partial charge is 0.340 e. The maximum atomic E-state index is 3.42. The van der Waals surface area contributed by atoms with E-state index in [1.54, 1.807) is 0 Å². The van der Waals surface area contributed by atoms with E-state index in [9.17, 15) is 0 Å². The number of aromatic nitrogens is 2. The summed E-state index contributed by atoms with van der Waals surface area (Å²) >= 11 is 0. The van der Waals surface area contributed by atoms with E-state index in [1.165, 1.54) is 95.0 Å². The third kappa shape index (κ3) is 6.63. The summed E-state index contributed by atoms with van der Waals surface area (Å²) in [5, 5.41) is 5.19. The lowest BCUT2D eigenvalue weighted by molar-refractivity contribution is 0.602. The van der Waals surface area contributed by atoms with Gasteiger partial charge < -0.3 is 9.13 Å². The van der Waals surface area contributed by atoms with Crippen LogP contribution in [0.15, 0.2) is 109 Å². The molecule has 0 aliphatic rings. The zero-order chi connectivity index (χ0) is 32.7. The topological polar surface area (TPSA) is 9.86 Å². The minimum Gasteiger partial charge on any atom is -0.340 e. The molecule has 0 aliphatic heterocycles. The Labute approximate surface area is 285 Å². The molecule has 0 radical (unpaired) electrons. The van der Waals surface area contributed by atoms with Gasteiger partial charge in [0, 0.05) is 79.0 Å². The van der Waals surface area contributed by atoms with Crippen molar-refractivity contribution in [2.75, 3.05) is 0 Å². The lowest BCUT2D eigenvalue weighted by Gasteiger charge is -2.07. The molecule has 5 aromatic carbocycles. The average Bonchev–Trinajstić information content (AvgIpc) is 3.62. The number of unbranched alkanes of at least 4 members (excludes halogenated alkanes) is 6. The van der Waals surface area contributed by atoms with Crippen molar-refractivity contribution in [3.05, 3.63) is 131 Å². The van der Waals surface area contributed by atoms with Gasteiger partial charge in [-0.15, -0.1) is 0 Å². The number of hydrogen-bond donors (Lipinski definition) is 0. The second-order valence-corrected chi connectivity index (χ2v) is 13.0. The zero-order valence-electron chi connectivity index (χ0n) is 28.4. The van der Waals surface area contributed by atoms with Gasteiger partial charge in [0.05, 0.1) is 0 Å². The van der Waals surface area contributed by atoms with Crippen molar-refractivity contribution in [2.24, 2.45) is 0 Å². The van der Waals surface area contributed by atoms with Gasteiger partial charge in [-0.05, 0) is 85.6 Å². The predicted octanol–water partition coefficient (Wildman–Crippen LogP) is 11.9. The number of rotatable bonds is 10. The van der Waals surface area contributed by atoms with Crippen molar-refractivity contribution in [3.8, 4) is 23.7 Å². The summed E-state index contributed by atoms with van der Waals surface area (Å²) in [5.41, 5.74) is 9.29. The van der Waals surface area contributed by atoms with Crippen molar-refractivity contribution >= 4 is 43.6 Å². The van der Waals surface area contributed by atoms with E-state index in [2.05, 4.69) is 156 Å². The van der Waals surface area contributed by atoms with Crippen LogP contribution in [0.25, 0.3) is 43.6 Å². The van der Waals surface area contributed by atoms with Gasteiger partial charge in [-0.2, -0.15) is 0 Å². The number of hydrogen-bond acceptors (Lipinski definition) is 0. The summed E-state index contributed by atoms with van der Waals surface area (Å²) in [6.07, 6.45) is 10.1. The number of benzene rings is 5. The van der Waals surface area contributed by atoms with Crippen molar-refractivity contribution < 1.29 is 0 Å². The molecule has 7 rings (SSSR count). The quantitative estimate of drug-likeness (QED) is 0.106. The Morgan fingerprint density at radius 1 is 0.375 bits per heavy atom. The van der Waals surface area contributed by atoms with E-state index in [-0.39, 0.29) is 0 Å². The molecule has 0 amide bonds. The van der Waals surface area contributed by atoms with Crippen molar-refractivity contribution in [1.29, 1.82) is 0 Å². The van der Waals surface area contributed by atoms with Gasteiger partial charge in [0.1, 0.15) is 0 Å². The molecule has 0 bridgehead atoms. The van der Waals surface area contributed by atoms with E-state index in [0.717, 1.165) is 35.3 Å². The summed E-state index contributed by atoms with van der Waals surface area (Å²) in [5.74, 6) is 13.6. The van der Waals surface area contributed by atoms with Crippen LogP contribution in [0.4, 0.5) is 0 Å². The smallest absolute Gasteiger partial charge is 0.0492 e. The van der Waals surface area contributed by atoms with E-state index in [0.29, 0.717) is 0 Å². The molecular formula is C46H44N2. The van der Waals surface area contributed by atoms with Gasteiger partial charge in [-0.3, -0.25) is 0 Å². The summed E-state index contributed by atoms with van der Waals surface area (Å²) in [7, 11) is 0. The monoisotopic (exact) mass is 624 g/mol. The van der Waals surface area contributed by atoms with Crippen LogP contribution >= 0.6 is 0 Å². The Hall–Kier alpha value is -5.18. The van der Waals surface area contributed by atoms with E-state index >= 15 is 0 Å². The Kier molecular flexibility index (Phi) is 9.63. The zero-order valence-corrected chi connectivity index (χ0v) is 28.4. The molecule has 7 aromatic rings. The number of nitrogens with zero attached hydrogens (tertiary/aromatic N) is 2. The molecule has 0 saturated carbocycles. The SMILES string of the molecule is CCCCCCn1c2ccccc2c2cc(C#Cc3ccc(C#Cc4ccc5c(c4)c4ccccc4n5CCCCCC)cc3)ccc21. The van der Waals surface area contributed by atoms with Crippen LogP contribution in [0, 0.1) is 23.7 Å². The summed E-state index contributed by atoms with van der Waals surface area (Å²) in [6, 6.07) is 39.2. The van der Waals surface area contributed by atoms with Gasteiger partial charge in [-0.25, -0.2) is 0 Å². The van der Waals surface area contributed by atoms with Gasteiger partial charge in [0.2, 0.25) is 0 Å². The maximum absolute atomic E-state index is 3.42. The third-order valence-corrected chi connectivity index (χ3v) is 9.60. The predicted molar refractivity (Wildman–Crippen MR) is 206 cm³/mol. The Morgan fingerprint density at radius 3 is 1.19 bits per heavy atom. The van der Waals surface area contributed by atoms with Crippen LogP contribution in [0.5, 0.6) is 0 Å². The highest BCUT2D eigenvalue weighted by molar-refractivity contribution is 6.09. The average molecular weight is 625 g/mol. The van der Waals surface area contributed by atoms with Crippen LogP contribution < -0.4 is 0 Å². The summed E-state index contributed by atoms with van der Waals surface area (Å²) in [4.78, 5) is 0. The third-order valence-electron chi connectivity index (χ3n) is 9.60. The van der Waals surface area contributed by atoms with Crippen LogP contribution in [-0.2, 0) is 13.1 Å². The lowest BCUT2D eigenvalue weighted by Crippen LogP contribution is -1.97. The minimum atomic E-state index is 0.993. The lowest BCUT2D eigenvalue weighted by atomic mass is 10.1. The van der Waals surface area contributed by atoms with Crippen LogP contribution in [0.2, 0.25) is 0 Å². The Bertz CT molecular complexity index is 2160.